The summed E-state index contributed by atoms with van der Waals surface area (Å²) in [5.41, 5.74) is 3.10. The molecule has 0 spiro atoms. The van der Waals surface area contributed by atoms with E-state index in [4.69, 9.17) is 5.11 Å². The molecule has 0 saturated heterocycles. The third kappa shape index (κ3) is 2.60. The molecule has 1 N–H and O–H groups in total. The Balaban J connectivity index is 2.05. The van der Waals surface area contributed by atoms with Crippen LogP contribution >= 0.6 is 11.3 Å². The summed E-state index contributed by atoms with van der Waals surface area (Å²) in [4.78, 5) is 15.2. The average molecular weight is 306 g/mol. The molecule has 0 fully saturated rings. The molecule has 0 radical (unpaired) electrons. The van der Waals surface area contributed by atoms with Crippen molar-refractivity contribution in [2.75, 3.05) is 0 Å². The lowest BCUT2D eigenvalue weighted by atomic mass is 9.98. The van der Waals surface area contributed by atoms with Crippen molar-refractivity contribution in [3.63, 3.8) is 0 Å². The molecular weight excluding hydrogens is 296 g/mol. The molecule has 0 aliphatic heterocycles. The Hall–Kier alpha value is -2.97. The maximum Gasteiger partial charge on any atom is 0.347 e. The first-order chi connectivity index (χ1) is 10.7. The molecule has 106 valence electrons. The molecule has 1 heterocycles. The summed E-state index contributed by atoms with van der Waals surface area (Å²) >= 11 is 1.09. The summed E-state index contributed by atoms with van der Waals surface area (Å²) < 4.78 is 0. The van der Waals surface area contributed by atoms with Gasteiger partial charge < -0.3 is 5.11 Å². The third-order valence-electron chi connectivity index (χ3n) is 3.19. The summed E-state index contributed by atoms with van der Waals surface area (Å²) in [5, 5.41) is 18.9. The van der Waals surface area contributed by atoms with E-state index in [1.54, 1.807) is 6.07 Å². The highest BCUT2D eigenvalue weighted by Crippen LogP contribution is 2.30. The van der Waals surface area contributed by atoms with E-state index < -0.39 is 5.97 Å². The summed E-state index contributed by atoms with van der Waals surface area (Å²) in [6.07, 6.45) is 1.33. The number of hydrogen-bond donors (Lipinski definition) is 1. The van der Waals surface area contributed by atoms with E-state index in [1.165, 1.54) is 6.20 Å². The molecule has 22 heavy (non-hydrogen) atoms. The zero-order chi connectivity index (χ0) is 15.5. The van der Waals surface area contributed by atoms with Crippen LogP contribution in [0.3, 0.4) is 0 Å². The van der Waals surface area contributed by atoms with Gasteiger partial charge in [-0.25, -0.2) is 9.78 Å². The molecule has 1 aromatic heterocycles. The second kappa shape index (κ2) is 5.80. The number of carboxylic acids is 1. The van der Waals surface area contributed by atoms with E-state index in [0.717, 1.165) is 28.0 Å². The average Bonchev–Trinajstić information content (AvgIpc) is 3.05. The van der Waals surface area contributed by atoms with Gasteiger partial charge in [-0.3, -0.25) is 0 Å². The van der Waals surface area contributed by atoms with Gasteiger partial charge in [0.15, 0.2) is 0 Å². The Morgan fingerprint density at radius 2 is 1.91 bits per heavy atom. The number of benzene rings is 2. The van der Waals surface area contributed by atoms with Crippen molar-refractivity contribution < 1.29 is 9.90 Å². The van der Waals surface area contributed by atoms with Crippen LogP contribution in [0.25, 0.3) is 21.7 Å². The second-order valence-electron chi connectivity index (χ2n) is 4.57. The standard InChI is InChI=1S/C17H10N2O2S/c18-9-13-8-12(16-19-10-15(22-16)17(20)21)6-7-14(13)11-4-2-1-3-5-11/h1-8,10H,(H,20,21). The number of nitriles is 1. The molecule has 0 aliphatic carbocycles. The Morgan fingerprint density at radius 3 is 2.55 bits per heavy atom. The van der Waals surface area contributed by atoms with Crippen molar-refractivity contribution in [2.45, 2.75) is 0 Å². The van der Waals surface area contributed by atoms with Gasteiger partial charge in [-0.2, -0.15) is 5.26 Å². The Morgan fingerprint density at radius 1 is 1.14 bits per heavy atom. The van der Waals surface area contributed by atoms with Crippen molar-refractivity contribution in [3.8, 4) is 27.8 Å². The summed E-state index contributed by atoms with van der Waals surface area (Å²) in [6, 6.07) is 17.3. The minimum absolute atomic E-state index is 0.181. The van der Waals surface area contributed by atoms with Gasteiger partial charge in [0.2, 0.25) is 0 Å². The molecule has 0 saturated carbocycles. The van der Waals surface area contributed by atoms with E-state index in [9.17, 15) is 10.1 Å². The van der Waals surface area contributed by atoms with Crippen LogP contribution in [0.2, 0.25) is 0 Å². The minimum atomic E-state index is -0.995. The Labute approximate surface area is 130 Å². The lowest BCUT2D eigenvalue weighted by molar-refractivity contribution is 0.0702. The third-order valence-corrected chi connectivity index (χ3v) is 4.22. The summed E-state index contributed by atoms with van der Waals surface area (Å²) in [5.74, 6) is -0.995. The topological polar surface area (TPSA) is 74.0 Å². The van der Waals surface area contributed by atoms with Crippen LogP contribution in [0.4, 0.5) is 0 Å². The van der Waals surface area contributed by atoms with Gasteiger partial charge in [-0.1, -0.05) is 42.5 Å². The van der Waals surface area contributed by atoms with Gasteiger partial charge in [0.05, 0.1) is 17.8 Å². The lowest BCUT2D eigenvalue weighted by Crippen LogP contribution is -1.89. The van der Waals surface area contributed by atoms with Gasteiger partial charge in [0.1, 0.15) is 9.88 Å². The number of aromatic carboxylic acids is 1. The summed E-state index contributed by atoms with van der Waals surface area (Å²) in [7, 11) is 0. The van der Waals surface area contributed by atoms with E-state index in [1.807, 2.05) is 42.5 Å². The predicted octanol–water partition coefficient (Wildman–Crippen LogP) is 4.05. The van der Waals surface area contributed by atoms with Gasteiger partial charge in [-0.05, 0) is 17.2 Å². The highest BCUT2D eigenvalue weighted by molar-refractivity contribution is 7.16. The first-order valence-corrected chi connectivity index (χ1v) is 7.30. The molecule has 5 heteroatoms. The number of carboxylic acid groups (broad SMARTS) is 1. The molecule has 0 amide bonds. The smallest absolute Gasteiger partial charge is 0.347 e. The largest absolute Gasteiger partial charge is 0.477 e. The molecule has 3 rings (SSSR count). The first kappa shape index (κ1) is 14.0. The SMILES string of the molecule is N#Cc1cc(-c2ncc(C(=O)O)s2)ccc1-c1ccccc1. The maximum atomic E-state index is 10.9. The van der Waals surface area contributed by atoms with Gasteiger partial charge in [0, 0.05) is 5.56 Å². The minimum Gasteiger partial charge on any atom is -0.477 e. The van der Waals surface area contributed by atoms with Crippen LogP contribution in [0.5, 0.6) is 0 Å². The fraction of sp³-hybridized carbons (Fsp3) is 0. The highest BCUT2D eigenvalue weighted by Gasteiger charge is 2.12. The zero-order valence-electron chi connectivity index (χ0n) is 11.4. The zero-order valence-corrected chi connectivity index (χ0v) is 12.2. The van der Waals surface area contributed by atoms with E-state index in [-0.39, 0.29) is 4.88 Å². The van der Waals surface area contributed by atoms with Gasteiger partial charge in [-0.15, -0.1) is 11.3 Å². The van der Waals surface area contributed by atoms with Gasteiger partial charge >= 0.3 is 5.97 Å². The van der Waals surface area contributed by atoms with Crippen molar-refractivity contribution in [3.05, 3.63) is 65.2 Å². The van der Waals surface area contributed by atoms with Crippen LogP contribution in [0, 0.1) is 11.3 Å². The molecule has 4 nitrogen and oxygen atoms in total. The highest BCUT2D eigenvalue weighted by atomic mass is 32.1. The maximum absolute atomic E-state index is 10.9. The van der Waals surface area contributed by atoms with Crippen LogP contribution in [0.15, 0.2) is 54.7 Å². The molecule has 3 aromatic rings. The van der Waals surface area contributed by atoms with Crippen LogP contribution < -0.4 is 0 Å². The monoisotopic (exact) mass is 306 g/mol. The summed E-state index contributed by atoms with van der Waals surface area (Å²) in [6.45, 7) is 0. The number of aromatic nitrogens is 1. The quantitative estimate of drug-likeness (QED) is 0.792. The Kier molecular flexibility index (Phi) is 3.69. The van der Waals surface area contributed by atoms with Crippen LogP contribution in [-0.4, -0.2) is 16.1 Å². The first-order valence-electron chi connectivity index (χ1n) is 6.48. The van der Waals surface area contributed by atoms with E-state index in [0.29, 0.717) is 10.6 Å². The number of thiazole rings is 1. The van der Waals surface area contributed by atoms with Crippen molar-refractivity contribution >= 4 is 17.3 Å². The van der Waals surface area contributed by atoms with Crippen molar-refractivity contribution in [1.29, 1.82) is 5.26 Å². The lowest BCUT2D eigenvalue weighted by Gasteiger charge is -2.06. The fourth-order valence-electron chi connectivity index (χ4n) is 2.15. The van der Waals surface area contributed by atoms with Crippen molar-refractivity contribution in [1.82, 2.24) is 4.98 Å². The van der Waals surface area contributed by atoms with Crippen LogP contribution in [-0.2, 0) is 0 Å². The van der Waals surface area contributed by atoms with E-state index >= 15 is 0 Å². The molecule has 0 unspecified atom stereocenters. The number of carbonyl (C=O) groups is 1. The van der Waals surface area contributed by atoms with Crippen LogP contribution in [0.1, 0.15) is 15.2 Å². The number of hydrogen-bond acceptors (Lipinski definition) is 4. The fourth-order valence-corrected chi connectivity index (χ4v) is 2.90. The predicted molar refractivity (Wildman–Crippen MR) is 84.7 cm³/mol. The van der Waals surface area contributed by atoms with Crippen molar-refractivity contribution in [2.24, 2.45) is 0 Å². The molecular formula is C17H10N2O2S. The number of rotatable bonds is 3. The molecule has 0 atom stereocenters. The second-order valence-corrected chi connectivity index (χ2v) is 5.60. The molecule has 2 aromatic carbocycles. The molecule has 0 bridgehead atoms. The van der Waals surface area contributed by atoms with E-state index in [2.05, 4.69) is 11.1 Å². The Bertz CT molecular complexity index is 879. The van der Waals surface area contributed by atoms with Gasteiger partial charge in [0.25, 0.3) is 0 Å². The molecule has 0 aliphatic rings. The normalized spacial score (nSPS) is 10.1. The number of nitrogens with zero attached hydrogens (tertiary/aromatic N) is 2.